The predicted octanol–water partition coefficient (Wildman–Crippen LogP) is -0.942. The van der Waals surface area contributed by atoms with Crippen molar-refractivity contribution in [3.05, 3.63) is 30.6 Å². The van der Waals surface area contributed by atoms with Crippen molar-refractivity contribution in [1.82, 2.24) is 9.82 Å². The highest BCUT2D eigenvalue weighted by molar-refractivity contribution is 7.70. The summed E-state index contributed by atoms with van der Waals surface area (Å²) in [4.78, 5) is 5.27. The predicted molar refractivity (Wildman–Crippen MR) is 41.9 cm³/mol. The summed E-state index contributed by atoms with van der Waals surface area (Å²) in [6, 6.07) is 5.72. The fourth-order valence-corrected chi connectivity index (χ4v) is 0.313. The monoisotopic (exact) mass is 175 g/mol. The Morgan fingerprint density at radius 2 is 1.64 bits per heavy atom. The van der Waals surface area contributed by atoms with Crippen LogP contribution in [0.4, 0.5) is 0 Å². The summed E-state index contributed by atoms with van der Waals surface area (Å²) in [5.41, 5.74) is 0. The standard InChI is InChI=1S/C5H5N.H4N2O2S/c1-2-4-6-5-3-1;1-2-5(3)4/h1-5H;5H,1H2,(H,2,3,4). The van der Waals surface area contributed by atoms with Gasteiger partial charge in [-0.1, -0.05) is 6.07 Å². The van der Waals surface area contributed by atoms with Gasteiger partial charge in [-0.3, -0.25) is 10.8 Å². The van der Waals surface area contributed by atoms with Crippen LogP contribution in [0.2, 0.25) is 0 Å². The van der Waals surface area contributed by atoms with Crippen LogP contribution in [0.5, 0.6) is 0 Å². The fourth-order valence-electron chi connectivity index (χ4n) is 0.313. The molecule has 0 bridgehead atoms. The number of pyridine rings is 1. The van der Waals surface area contributed by atoms with Crippen LogP contribution in [0.15, 0.2) is 30.6 Å². The molecule has 1 rings (SSSR count). The summed E-state index contributed by atoms with van der Waals surface area (Å²) in [5, 5.41) is 0. The zero-order chi connectivity index (χ0) is 8.53. The zero-order valence-electron chi connectivity index (χ0n) is 5.68. The molecular weight excluding hydrogens is 166 g/mol. The number of thiol groups is 1. The van der Waals surface area contributed by atoms with E-state index < -0.39 is 10.9 Å². The Hall–Kier alpha value is -0.980. The van der Waals surface area contributed by atoms with Gasteiger partial charge in [0.25, 0.3) is 0 Å². The van der Waals surface area contributed by atoms with Crippen LogP contribution in [-0.4, -0.2) is 13.4 Å². The molecule has 0 radical (unpaired) electrons. The maximum Gasteiger partial charge on any atom is 0.213 e. The Kier molecular flexibility index (Phi) is 6.50. The largest absolute Gasteiger partial charge is 0.265 e. The summed E-state index contributed by atoms with van der Waals surface area (Å²) < 4.78 is 18.3. The van der Waals surface area contributed by atoms with Crippen LogP contribution in [0, 0.1) is 0 Å². The second-order valence-corrected chi connectivity index (χ2v) is 2.18. The van der Waals surface area contributed by atoms with Crippen molar-refractivity contribution in [2.24, 2.45) is 5.84 Å². The first-order valence-electron chi connectivity index (χ1n) is 2.73. The zero-order valence-corrected chi connectivity index (χ0v) is 6.57. The summed E-state index contributed by atoms with van der Waals surface area (Å²) in [7, 11) is -2.57. The van der Waals surface area contributed by atoms with E-state index in [0.717, 1.165) is 0 Å². The van der Waals surface area contributed by atoms with E-state index in [0.29, 0.717) is 0 Å². The van der Waals surface area contributed by atoms with Crippen LogP contribution in [-0.2, 0) is 10.9 Å². The first kappa shape index (κ1) is 10.0. The molecule has 1 heterocycles. The van der Waals surface area contributed by atoms with E-state index in [4.69, 9.17) is 8.42 Å². The second kappa shape index (κ2) is 7.13. The molecule has 62 valence electrons. The summed E-state index contributed by atoms with van der Waals surface area (Å²) in [5.74, 6) is 4.33. The highest BCUT2D eigenvalue weighted by atomic mass is 32.2. The summed E-state index contributed by atoms with van der Waals surface area (Å²) in [6.07, 6.45) is 3.50. The maximum absolute atomic E-state index is 9.17. The number of nitrogens with zero attached hydrogens (tertiary/aromatic N) is 1. The number of nitrogens with two attached hydrogens (primary N) is 1. The molecule has 0 aliphatic carbocycles. The van der Waals surface area contributed by atoms with Crippen molar-refractivity contribution in [3.8, 4) is 0 Å². The molecule has 6 heteroatoms. The minimum absolute atomic E-state index is 1.48. The lowest BCUT2D eigenvalue weighted by Gasteiger charge is -1.70. The Labute approximate surface area is 66.3 Å². The summed E-state index contributed by atoms with van der Waals surface area (Å²) >= 11 is 0. The lowest BCUT2D eigenvalue weighted by atomic mass is 10.5. The van der Waals surface area contributed by atoms with Crippen molar-refractivity contribution >= 4 is 10.9 Å². The molecule has 0 aliphatic heterocycles. The van der Waals surface area contributed by atoms with Crippen molar-refractivity contribution in [1.29, 1.82) is 0 Å². The van der Waals surface area contributed by atoms with Gasteiger partial charge in [0.15, 0.2) is 0 Å². The van der Waals surface area contributed by atoms with E-state index in [1.54, 1.807) is 12.4 Å². The molecule has 5 nitrogen and oxygen atoms in total. The van der Waals surface area contributed by atoms with E-state index in [-0.39, 0.29) is 0 Å². The molecule has 0 saturated heterocycles. The van der Waals surface area contributed by atoms with Crippen LogP contribution >= 0.6 is 0 Å². The molecule has 1 aromatic rings. The molecule has 0 aliphatic rings. The van der Waals surface area contributed by atoms with Gasteiger partial charge < -0.3 is 0 Å². The quantitative estimate of drug-likeness (QED) is 0.292. The topological polar surface area (TPSA) is 85.1 Å². The lowest BCUT2D eigenvalue weighted by molar-refractivity contribution is 0.604. The van der Waals surface area contributed by atoms with E-state index in [9.17, 15) is 0 Å². The normalized spacial score (nSPS) is 8.55. The molecule has 3 N–H and O–H groups in total. The van der Waals surface area contributed by atoms with Gasteiger partial charge in [-0.05, 0) is 12.1 Å². The van der Waals surface area contributed by atoms with E-state index >= 15 is 0 Å². The minimum atomic E-state index is -2.57. The van der Waals surface area contributed by atoms with Gasteiger partial charge in [0, 0.05) is 12.4 Å². The average Bonchev–Trinajstić information content (AvgIpc) is 2.09. The average molecular weight is 175 g/mol. The van der Waals surface area contributed by atoms with Crippen LogP contribution in [0.25, 0.3) is 0 Å². The van der Waals surface area contributed by atoms with E-state index in [1.165, 1.54) is 4.83 Å². The van der Waals surface area contributed by atoms with Gasteiger partial charge in [0.2, 0.25) is 10.9 Å². The third-order valence-electron chi connectivity index (χ3n) is 0.672. The first-order chi connectivity index (χ1) is 5.27. The highest BCUT2D eigenvalue weighted by Crippen LogP contribution is 1.73. The number of aromatic nitrogens is 1. The minimum Gasteiger partial charge on any atom is -0.265 e. The van der Waals surface area contributed by atoms with Crippen LogP contribution in [0.1, 0.15) is 0 Å². The van der Waals surface area contributed by atoms with E-state index in [1.807, 2.05) is 18.2 Å². The third kappa shape index (κ3) is 9.02. The molecular formula is C5H9N3O2S. The smallest absolute Gasteiger partial charge is 0.213 e. The number of nitrogens with one attached hydrogen (secondary N) is 1. The number of rotatable bonds is 1. The SMILES string of the molecule is NN[SH](=O)=O.c1ccncc1. The number of hydrogen-bond donors (Lipinski definition) is 3. The molecule has 0 spiro atoms. The fraction of sp³-hybridized carbons (Fsp3) is 0. The molecule has 0 aromatic carbocycles. The van der Waals surface area contributed by atoms with Gasteiger partial charge >= 0.3 is 0 Å². The third-order valence-corrected chi connectivity index (χ3v) is 0.883. The van der Waals surface area contributed by atoms with Crippen molar-refractivity contribution in [2.45, 2.75) is 0 Å². The van der Waals surface area contributed by atoms with Crippen LogP contribution < -0.4 is 10.7 Å². The van der Waals surface area contributed by atoms with Crippen molar-refractivity contribution < 1.29 is 8.42 Å². The van der Waals surface area contributed by atoms with Gasteiger partial charge in [0.05, 0.1) is 0 Å². The maximum atomic E-state index is 9.17. The Morgan fingerprint density at radius 1 is 1.18 bits per heavy atom. The van der Waals surface area contributed by atoms with Crippen molar-refractivity contribution in [3.63, 3.8) is 0 Å². The Morgan fingerprint density at radius 3 is 1.73 bits per heavy atom. The molecule has 0 amide bonds. The molecule has 0 fully saturated rings. The van der Waals surface area contributed by atoms with Crippen LogP contribution in [0.3, 0.4) is 0 Å². The summed E-state index contributed by atoms with van der Waals surface area (Å²) in [6.45, 7) is 0. The van der Waals surface area contributed by atoms with Gasteiger partial charge in [-0.15, -0.1) is 0 Å². The van der Waals surface area contributed by atoms with Gasteiger partial charge in [-0.25, -0.2) is 8.42 Å². The van der Waals surface area contributed by atoms with E-state index in [2.05, 4.69) is 10.8 Å². The molecule has 0 atom stereocenters. The highest BCUT2D eigenvalue weighted by Gasteiger charge is 1.60. The molecule has 0 saturated carbocycles. The molecule has 11 heavy (non-hydrogen) atoms. The number of hydrogen-bond acceptors (Lipinski definition) is 4. The first-order valence-corrected chi connectivity index (χ1v) is 3.90. The van der Waals surface area contributed by atoms with Gasteiger partial charge in [-0.2, -0.15) is 4.83 Å². The number of hydrazine groups is 1. The lowest BCUT2D eigenvalue weighted by Crippen LogP contribution is -2.18. The molecule has 1 aromatic heterocycles. The Balaban J connectivity index is 0.000000187. The van der Waals surface area contributed by atoms with Crippen molar-refractivity contribution in [2.75, 3.05) is 0 Å². The Bertz CT molecular complexity index is 202. The second-order valence-electron chi connectivity index (χ2n) is 1.41. The van der Waals surface area contributed by atoms with Gasteiger partial charge in [0.1, 0.15) is 0 Å². The molecule has 0 unspecified atom stereocenters.